The van der Waals surface area contributed by atoms with E-state index >= 15 is 0 Å². The standard InChI is InChI=1S/C10H13N5O2S/c1-3-15-8-9(7-13-15)18(16,17)14(2)10-11-5-4-6-12-10/h4-8H,3H2,1-2H3. The van der Waals surface area contributed by atoms with Gasteiger partial charge in [-0.25, -0.2) is 22.7 Å². The van der Waals surface area contributed by atoms with Gasteiger partial charge in [0.05, 0.1) is 6.20 Å². The molecule has 0 aromatic carbocycles. The summed E-state index contributed by atoms with van der Waals surface area (Å²) in [5.41, 5.74) is 0. The Hall–Kier alpha value is -1.96. The van der Waals surface area contributed by atoms with Crippen molar-refractivity contribution in [2.45, 2.75) is 18.4 Å². The lowest BCUT2D eigenvalue weighted by molar-refractivity contribution is 0.592. The molecule has 2 aromatic rings. The van der Waals surface area contributed by atoms with E-state index in [1.807, 2.05) is 6.92 Å². The van der Waals surface area contributed by atoms with Gasteiger partial charge < -0.3 is 0 Å². The van der Waals surface area contributed by atoms with Gasteiger partial charge in [-0.1, -0.05) is 0 Å². The molecule has 0 radical (unpaired) electrons. The van der Waals surface area contributed by atoms with Crippen LogP contribution in [0.2, 0.25) is 0 Å². The number of nitrogens with zero attached hydrogens (tertiary/aromatic N) is 5. The van der Waals surface area contributed by atoms with Crippen LogP contribution in [0.4, 0.5) is 5.95 Å². The van der Waals surface area contributed by atoms with Gasteiger partial charge in [-0.2, -0.15) is 5.10 Å². The smallest absolute Gasteiger partial charge is 0.269 e. The summed E-state index contributed by atoms with van der Waals surface area (Å²) in [6.45, 7) is 2.49. The number of anilines is 1. The van der Waals surface area contributed by atoms with Crippen LogP contribution >= 0.6 is 0 Å². The predicted molar refractivity (Wildman–Crippen MR) is 65.5 cm³/mol. The largest absolute Gasteiger partial charge is 0.272 e. The van der Waals surface area contributed by atoms with E-state index in [1.54, 1.807) is 10.7 Å². The Bertz CT molecular complexity index is 623. The highest BCUT2D eigenvalue weighted by Gasteiger charge is 2.24. The molecule has 0 saturated carbocycles. The van der Waals surface area contributed by atoms with Crippen molar-refractivity contribution in [3.8, 4) is 0 Å². The van der Waals surface area contributed by atoms with E-state index in [-0.39, 0.29) is 10.8 Å². The summed E-state index contributed by atoms with van der Waals surface area (Å²) in [6.07, 6.45) is 5.78. The van der Waals surface area contributed by atoms with Crippen molar-refractivity contribution in [1.82, 2.24) is 19.7 Å². The lowest BCUT2D eigenvalue weighted by Crippen LogP contribution is -2.27. The second kappa shape index (κ2) is 4.73. The third-order valence-corrected chi connectivity index (χ3v) is 4.12. The first-order valence-corrected chi connectivity index (χ1v) is 6.78. The van der Waals surface area contributed by atoms with Crippen LogP contribution in [0.15, 0.2) is 35.7 Å². The van der Waals surface area contributed by atoms with E-state index < -0.39 is 10.0 Å². The molecule has 18 heavy (non-hydrogen) atoms. The maximum Gasteiger partial charge on any atom is 0.269 e. The molecule has 0 unspecified atom stereocenters. The summed E-state index contributed by atoms with van der Waals surface area (Å²) in [4.78, 5) is 7.94. The van der Waals surface area contributed by atoms with E-state index in [0.29, 0.717) is 6.54 Å². The van der Waals surface area contributed by atoms with Crippen LogP contribution in [-0.4, -0.2) is 35.2 Å². The van der Waals surface area contributed by atoms with Gasteiger partial charge in [-0.15, -0.1) is 0 Å². The minimum atomic E-state index is -3.66. The van der Waals surface area contributed by atoms with E-state index in [9.17, 15) is 8.42 Å². The lowest BCUT2D eigenvalue weighted by atomic mass is 10.7. The van der Waals surface area contributed by atoms with Crippen molar-refractivity contribution in [2.24, 2.45) is 0 Å². The summed E-state index contributed by atoms with van der Waals surface area (Å²) in [5, 5.41) is 3.95. The zero-order valence-corrected chi connectivity index (χ0v) is 10.9. The molecule has 2 aromatic heterocycles. The van der Waals surface area contributed by atoms with Crippen molar-refractivity contribution in [3.05, 3.63) is 30.9 Å². The van der Waals surface area contributed by atoms with Crippen LogP contribution in [0.5, 0.6) is 0 Å². The molecule has 0 amide bonds. The maximum atomic E-state index is 12.3. The number of aromatic nitrogens is 4. The van der Waals surface area contributed by atoms with Crippen LogP contribution in [0, 0.1) is 0 Å². The second-order valence-corrected chi connectivity index (χ2v) is 5.52. The molecule has 0 fully saturated rings. The van der Waals surface area contributed by atoms with Gasteiger partial charge in [0.15, 0.2) is 0 Å². The molecule has 0 spiro atoms. The summed E-state index contributed by atoms with van der Waals surface area (Å²) in [6, 6.07) is 1.62. The molecule has 96 valence electrons. The van der Waals surface area contributed by atoms with Crippen LogP contribution < -0.4 is 4.31 Å². The summed E-state index contributed by atoms with van der Waals surface area (Å²) < 4.78 is 27.1. The third-order valence-electron chi connectivity index (χ3n) is 2.43. The Morgan fingerprint density at radius 3 is 2.56 bits per heavy atom. The molecule has 0 aliphatic rings. The van der Waals surface area contributed by atoms with Crippen molar-refractivity contribution in [2.75, 3.05) is 11.4 Å². The van der Waals surface area contributed by atoms with E-state index in [0.717, 1.165) is 4.31 Å². The van der Waals surface area contributed by atoms with E-state index in [1.165, 1.54) is 31.8 Å². The SMILES string of the molecule is CCn1cc(S(=O)(=O)N(C)c2ncccn2)cn1. The fourth-order valence-corrected chi connectivity index (χ4v) is 2.43. The number of aryl methyl sites for hydroxylation is 1. The maximum absolute atomic E-state index is 12.3. The molecule has 0 atom stereocenters. The van der Waals surface area contributed by atoms with Crippen molar-refractivity contribution >= 4 is 16.0 Å². The minimum absolute atomic E-state index is 0.124. The Balaban J connectivity index is 2.37. The summed E-state index contributed by atoms with van der Waals surface area (Å²) >= 11 is 0. The minimum Gasteiger partial charge on any atom is -0.272 e. The van der Waals surface area contributed by atoms with Crippen LogP contribution in [0.1, 0.15) is 6.92 Å². The number of hydrogen-bond acceptors (Lipinski definition) is 5. The molecule has 0 N–H and O–H groups in total. The highest BCUT2D eigenvalue weighted by molar-refractivity contribution is 7.92. The number of sulfonamides is 1. The first-order valence-electron chi connectivity index (χ1n) is 5.34. The molecular weight excluding hydrogens is 254 g/mol. The Morgan fingerprint density at radius 1 is 1.33 bits per heavy atom. The Labute approximate surface area is 105 Å². The molecule has 0 aliphatic carbocycles. The first kappa shape index (κ1) is 12.5. The molecule has 0 aliphatic heterocycles. The van der Waals surface area contributed by atoms with Gasteiger partial charge in [-0.3, -0.25) is 4.68 Å². The Morgan fingerprint density at radius 2 is 2.00 bits per heavy atom. The highest BCUT2D eigenvalue weighted by atomic mass is 32.2. The summed E-state index contributed by atoms with van der Waals surface area (Å²) in [5.74, 6) is 0.127. The van der Waals surface area contributed by atoms with Crippen molar-refractivity contribution < 1.29 is 8.42 Å². The quantitative estimate of drug-likeness (QED) is 0.806. The molecule has 2 heterocycles. The molecule has 2 rings (SSSR count). The van der Waals surface area contributed by atoms with Crippen LogP contribution in [-0.2, 0) is 16.6 Å². The van der Waals surface area contributed by atoms with Gasteiger partial charge in [-0.05, 0) is 13.0 Å². The monoisotopic (exact) mass is 267 g/mol. The van der Waals surface area contributed by atoms with Crippen LogP contribution in [0.25, 0.3) is 0 Å². The zero-order chi connectivity index (χ0) is 13.2. The van der Waals surface area contributed by atoms with E-state index in [4.69, 9.17) is 0 Å². The fourth-order valence-electron chi connectivity index (χ4n) is 1.37. The second-order valence-electron chi connectivity index (χ2n) is 3.55. The third kappa shape index (κ3) is 2.19. The fraction of sp³-hybridized carbons (Fsp3) is 0.300. The molecular formula is C10H13N5O2S. The van der Waals surface area contributed by atoms with Gasteiger partial charge in [0.25, 0.3) is 10.0 Å². The first-order chi connectivity index (χ1) is 8.55. The lowest BCUT2D eigenvalue weighted by Gasteiger charge is -2.15. The average Bonchev–Trinajstić information content (AvgIpc) is 2.88. The van der Waals surface area contributed by atoms with Crippen molar-refractivity contribution in [3.63, 3.8) is 0 Å². The van der Waals surface area contributed by atoms with Gasteiger partial charge in [0.2, 0.25) is 5.95 Å². The van der Waals surface area contributed by atoms with Crippen molar-refractivity contribution in [1.29, 1.82) is 0 Å². The number of rotatable bonds is 4. The normalized spacial score (nSPS) is 11.4. The highest BCUT2D eigenvalue weighted by Crippen LogP contribution is 2.17. The average molecular weight is 267 g/mol. The predicted octanol–water partition coefficient (Wildman–Crippen LogP) is 0.518. The van der Waals surface area contributed by atoms with E-state index in [2.05, 4.69) is 15.1 Å². The molecule has 8 heteroatoms. The summed E-state index contributed by atoms with van der Waals surface area (Å²) in [7, 11) is -2.25. The molecule has 7 nitrogen and oxygen atoms in total. The Kier molecular flexibility index (Phi) is 3.28. The van der Waals surface area contributed by atoms with Gasteiger partial charge in [0.1, 0.15) is 4.90 Å². The molecule has 0 bridgehead atoms. The molecule has 0 saturated heterocycles. The van der Waals surface area contributed by atoms with Crippen LogP contribution in [0.3, 0.4) is 0 Å². The van der Waals surface area contributed by atoms with Gasteiger partial charge >= 0.3 is 0 Å². The topological polar surface area (TPSA) is 81.0 Å². The zero-order valence-electron chi connectivity index (χ0n) is 10.1. The van der Waals surface area contributed by atoms with Gasteiger partial charge in [0, 0.05) is 32.2 Å². The number of hydrogen-bond donors (Lipinski definition) is 0.